The first-order valence-electron chi connectivity index (χ1n) is 7.98. The van der Waals surface area contributed by atoms with E-state index >= 15 is 0 Å². The van der Waals surface area contributed by atoms with E-state index in [0.717, 1.165) is 39.0 Å². The second-order valence-electron chi connectivity index (χ2n) is 5.93. The predicted molar refractivity (Wildman–Crippen MR) is 97.7 cm³/mol. The quantitative estimate of drug-likeness (QED) is 0.524. The Labute approximate surface area is 141 Å². The van der Waals surface area contributed by atoms with Gasteiger partial charge in [0.1, 0.15) is 5.69 Å². The molecule has 2 heterocycles. The second kappa shape index (κ2) is 5.85. The molecule has 3 heteroatoms. The molecule has 4 rings (SSSR count). The lowest BCUT2D eigenvalue weighted by atomic mass is 10.1. The number of aromatic nitrogens is 3. The summed E-state index contributed by atoms with van der Waals surface area (Å²) in [4.78, 5) is 14.1. The number of rotatable bonds is 2. The van der Waals surface area contributed by atoms with Gasteiger partial charge in [0.2, 0.25) is 0 Å². The monoisotopic (exact) mass is 311 g/mol. The first kappa shape index (κ1) is 14.5. The highest BCUT2D eigenvalue weighted by Crippen LogP contribution is 2.25. The summed E-state index contributed by atoms with van der Waals surface area (Å²) in [5.41, 5.74) is 6.14. The third-order valence-electron chi connectivity index (χ3n) is 4.19. The Bertz CT molecular complexity index is 1020. The number of hydrogen-bond acceptors (Lipinski definition) is 3. The number of pyridine rings is 1. The topological polar surface area (TPSA) is 38.7 Å². The number of aryl methyl sites for hydroxylation is 2. The van der Waals surface area contributed by atoms with Gasteiger partial charge in [0.15, 0.2) is 5.82 Å². The van der Waals surface area contributed by atoms with E-state index in [1.165, 1.54) is 0 Å². The zero-order chi connectivity index (χ0) is 16.5. The highest BCUT2D eigenvalue weighted by Gasteiger charge is 2.10. The molecule has 4 aromatic rings. The smallest absolute Gasteiger partial charge is 0.178 e. The van der Waals surface area contributed by atoms with Crippen molar-refractivity contribution in [3.8, 4) is 22.8 Å². The van der Waals surface area contributed by atoms with Crippen molar-refractivity contribution in [3.63, 3.8) is 0 Å². The zero-order valence-electron chi connectivity index (χ0n) is 13.7. The van der Waals surface area contributed by atoms with E-state index in [1.54, 1.807) is 0 Å². The lowest BCUT2D eigenvalue weighted by Gasteiger charge is -2.08. The van der Waals surface area contributed by atoms with Crippen molar-refractivity contribution in [2.45, 2.75) is 13.8 Å². The Hall–Kier alpha value is -3.07. The SMILES string of the molecule is Cc1ccc(-c2ncc3cccc(C)c3n2)nc1-c1ccccc1. The van der Waals surface area contributed by atoms with Crippen molar-refractivity contribution in [1.29, 1.82) is 0 Å². The van der Waals surface area contributed by atoms with Crippen molar-refractivity contribution in [3.05, 3.63) is 78.0 Å². The van der Waals surface area contributed by atoms with Gasteiger partial charge >= 0.3 is 0 Å². The van der Waals surface area contributed by atoms with Crippen LogP contribution >= 0.6 is 0 Å². The third-order valence-corrected chi connectivity index (χ3v) is 4.19. The maximum atomic E-state index is 4.82. The maximum absolute atomic E-state index is 4.82. The summed E-state index contributed by atoms with van der Waals surface area (Å²) in [5, 5.41) is 1.05. The first-order chi connectivity index (χ1) is 11.7. The molecule has 0 N–H and O–H groups in total. The van der Waals surface area contributed by atoms with Crippen molar-refractivity contribution < 1.29 is 0 Å². The lowest BCUT2D eigenvalue weighted by Crippen LogP contribution is -1.96. The summed E-state index contributed by atoms with van der Waals surface area (Å²) in [6.07, 6.45) is 1.87. The molecule has 0 atom stereocenters. The summed E-state index contributed by atoms with van der Waals surface area (Å²) >= 11 is 0. The van der Waals surface area contributed by atoms with Crippen molar-refractivity contribution in [1.82, 2.24) is 15.0 Å². The van der Waals surface area contributed by atoms with E-state index in [1.807, 2.05) is 42.6 Å². The largest absolute Gasteiger partial charge is 0.244 e. The molecule has 0 radical (unpaired) electrons. The van der Waals surface area contributed by atoms with Crippen LogP contribution in [0.1, 0.15) is 11.1 Å². The van der Waals surface area contributed by atoms with E-state index in [-0.39, 0.29) is 0 Å². The van der Waals surface area contributed by atoms with Crippen molar-refractivity contribution in [2.24, 2.45) is 0 Å². The van der Waals surface area contributed by atoms with Crippen molar-refractivity contribution in [2.75, 3.05) is 0 Å². The van der Waals surface area contributed by atoms with Crippen LogP contribution in [0.5, 0.6) is 0 Å². The highest BCUT2D eigenvalue weighted by atomic mass is 14.9. The molecule has 0 saturated heterocycles. The molecule has 0 aliphatic heterocycles. The van der Waals surface area contributed by atoms with E-state index in [4.69, 9.17) is 9.97 Å². The van der Waals surface area contributed by atoms with Gasteiger partial charge in [0.25, 0.3) is 0 Å². The molecule has 0 saturated carbocycles. The average Bonchev–Trinajstić information content (AvgIpc) is 2.63. The van der Waals surface area contributed by atoms with Crippen LogP contribution in [-0.2, 0) is 0 Å². The van der Waals surface area contributed by atoms with Crippen LogP contribution in [0.3, 0.4) is 0 Å². The van der Waals surface area contributed by atoms with Gasteiger partial charge in [0, 0.05) is 17.1 Å². The van der Waals surface area contributed by atoms with Gasteiger partial charge in [-0.3, -0.25) is 0 Å². The normalized spacial score (nSPS) is 10.9. The minimum Gasteiger partial charge on any atom is -0.244 e. The van der Waals surface area contributed by atoms with E-state index in [0.29, 0.717) is 5.82 Å². The van der Waals surface area contributed by atoms with Crippen LogP contribution in [0.25, 0.3) is 33.7 Å². The Morgan fingerprint density at radius 3 is 2.38 bits per heavy atom. The predicted octanol–water partition coefficient (Wildman–Crippen LogP) is 4.98. The van der Waals surface area contributed by atoms with E-state index in [9.17, 15) is 0 Å². The zero-order valence-corrected chi connectivity index (χ0v) is 13.7. The van der Waals surface area contributed by atoms with Gasteiger partial charge < -0.3 is 0 Å². The molecular weight excluding hydrogens is 294 g/mol. The molecule has 2 aromatic carbocycles. The van der Waals surface area contributed by atoms with Gasteiger partial charge in [-0.25, -0.2) is 15.0 Å². The molecule has 3 nitrogen and oxygen atoms in total. The summed E-state index contributed by atoms with van der Waals surface area (Å²) < 4.78 is 0. The number of benzene rings is 2. The molecule has 0 amide bonds. The molecule has 0 bridgehead atoms. The fourth-order valence-corrected chi connectivity index (χ4v) is 2.87. The lowest BCUT2D eigenvalue weighted by molar-refractivity contribution is 1.16. The molecular formula is C21H17N3. The highest BCUT2D eigenvalue weighted by molar-refractivity contribution is 5.82. The number of para-hydroxylation sites is 1. The molecule has 0 aliphatic rings. The molecule has 0 unspecified atom stereocenters. The first-order valence-corrected chi connectivity index (χ1v) is 7.98. The molecule has 0 aliphatic carbocycles. The summed E-state index contributed by atoms with van der Waals surface area (Å²) in [6, 6.07) is 20.4. The molecule has 0 fully saturated rings. The minimum absolute atomic E-state index is 0.661. The molecule has 0 spiro atoms. The van der Waals surface area contributed by atoms with Gasteiger partial charge in [-0.05, 0) is 31.0 Å². The number of nitrogens with zero attached hydrogens (tertiary/aromatic N) is 3. The maximum Gasteiger partial charge on any atom is 0.178 e. The molecule has 24 heavy (non-hydrogen) atoms. The summed E-state index contributed by atoms with van der Waals surface area (Å²) in [7, 11) is 0. The minimum atomic E-state index is 0.661. The third kappa shape index (κ3) is 2.54. The van der Waals surface area contributed by atoms with E-state index < -0.39 is 0 Å². The second-order valence-corrected chi connectivity index (χ2v) is 5.93. The number of fused-ring (bicyclic) bond motifs is 1. The Kier molecular flexibility index (Phi) is 3.54. The Balaban J connectivity index is 1.87. The van der Waals surface area contributed by atoms with Crippen LogP contribution < -0.4 is 0 Å². The van der Waals surface area contributed by atoms with Crippen molar-refractivity contribution >= 4 is 10.9 Å². The van der Waals surface area contributed by atoms with Gasteiger partial charge in [0.05, 0.1) is 11.2 Å². The molecule has 2 aromatic heterocycles. The van der Waals surface area contributed by atoms with Gasteiger partial charge in [-0.15, -0.1) is 0 Å². The van der Waals surface area contributed by atoms with Crippen LogP contribution in [-0.4, -0.2) is 15.0 Å². The van der Waals surface area contributed by atoms with Gasteiger partial charge in [-0.1, -0.05) is 54.6 Å². The average molecular weight is 311 g/mol. The van der Waals surface area contributed by atoms with Crippen LogP contribution in [0.15, 0.2) is 66.9 Å². The Morgan fingerprint density at radius 2 is 1.54 bits per heavy atom. The summed E-state index contributed by atoms with van der Waals surface area (Å²) in [6.45, 7) is 4.14. The number of hydrogen-bond donors (Lipinski definition) is 0. The Morgan fingerprint density at radius 1 is 0.708 bits per heavy atom. The van der Waals surface area contributed by atoms with Crippen LogP contribution in [0.4, 0.5) is 0 Å². The van der Waals surface area contributed by atoms with E-state index in [2.05, 4.69) is 43.1 Å². The van der Waals surface area contributed by atoms with Crippen LogP contribution in [0, 0.1) is 13.8 Å². The standard InChI is InChI=1S/C21H17N3/c1-14-7-6-10-17-13-22-21(24-20(14)17)18-12-11-15(2)19(23-18)16-8-4-3-5-9-16/h3-13H,1-2H3. The van der Waals surface area contributed by atoms with Crippen LogP contribution in [0.2, 0.25) is 0 Å². The summed E-state index contributed by atoms with van der Waals surface area (Å²) in [5.74, 6) is 0.661. The fourth-order valence-electron chi connectivity index (χ4n) is 2.87. The van der Waals surface area contributed by atoms with Gasteiger partial charge in [-0.2, -0.15) is 0 Å². The fraction of sp³-hybridized carbons (Fsp3) is 0.0952. The molecule has 116 valence electrons.